The quantitative estimate of drug-likeness (QED) is 0.801. The van der Waals surface area contributed by atoms with Crippen LogP contribution in [0, 0.1) is 0 Å². The first-order valence-electron chi connectivity index (χ1n) is 5.95. The van der Waals surface area contributed by atoms with Crippen LogP contribution >= 0.6 is 15.9 Å². The third-order valence-corrected chi connectivity index (χ3v) is 3.38. The number of carboxylic acids is 1. The van der Waals surface area contributed by atoms with E-state index in [9.17, 15) is 4.79 Å². The molecule has 6 heteroatoms. The van der Waals surface area contributed by atoms with Crippen LogP contribution in [0.3, 0.4) is 0 Å². The molecule has 0 unspecified atom stereocenters. The molecule has 0 aliphatic rings. The van der Waals surface area contributed by atoms with Crippen molar-refractivity contribution in [3.05, 3.63) is 52.8 Å². The summed E-state index contributed by atoms with van der Waals surface area (Å²) in [6, 6.07) is 11.5. The van der Waals surface area contributed by atoms with Crippen molar-refractivity contribution >= 4 is 27.5 Å². The van der Waals surface area contributed by atoms with Gasteiger partial charge in [0.2, 0.25) is 0 Å². The molecule has 5 nitrogen and oxygen atoms in total. The second-order valence-electron chi connectivity index (χ2n) is 4.32. The fourth-order valence-electron chi connectivity index (χ4n) is 2.00. The Bertz CT molecular complexity index is 798. The monoisotopic (exact) mass is 331 g/mol. The molecule has 0 bridgehead atoms. The lowest BCUT2D eigenvalue weighted by atomic mass is 10.1. The molecule has 3 aromatic rings. The predicted molar refractivity (Wildman–Crippen MR) is 77.5 cm³/mol. The fourth-order valence-corrected chi connectivity index (χ4v) is 2.40. The van der Waals surface area contributed by atoms with Crippen LogP contribution in [0.1, 0.15) is 5.69 Å². The van der Waals surface area contributed by atoms with Crippen molar-refractivity contribution in [1.29, 1.82) is 0 Å². The molecule has 0 saturated heterocycles. The second kappa shape index (κ2) is 5.05. The summed E-state index contributed by atoms with van der Waals surface area (Å²) >= 11 is 3.42. The number of aliphatic carboxylic acids is 1. The van der Waals surface area contributed by atoms with Gasteiger partial charge in [0.1, 0.15) is 0 Å². The Kier molecular flexibility index (Phi) is 3.23. The number of benzene rings is 1. The zero-order valence-corrected chi connectivity index (χ0v) is 11.9. The Labute approximate surface area is 123 Å². The van der Waals surface area contributed by atoms with Gasteiger partial charge in [-0.05, 0) is 24.3 Å². The summed E-state index contributed by atoms with van der Waals surface area (Å²) in [4.78, 5) is 15.0. The van der Waals surface area contributed by atoms with Crippen molar-refractivity contribution in [3.63, 3.8) is 0 Å². The number of rotatable bonds is 3. The van der Waals surface area contributed by atoms with Gasteiger partial charge in [0.15, 0.2) is 5.65 Å². The molecule has 2 aromatic heterocycles. The van der Waals surface area contributed by atoms with E-state index in [4.69, 9.17) is 5.11 Å². The van der Waals surface area contributed by atoms with Crippen LogP contribution in [0.4, 0.5) is 0 Å². The highest BCUT2D eigenvalue weighted by Gasteiger charge is 2.10. The van der Waals surface area contributed by atoms with E-state index in [1.807, 2.05) is 36.4 Å². The Hall–Kier alpha value is -2.21. The van der Waals surface area contributed by atoms with Crippen molar-refractivity contribution in [1.82, 2.24) is 14.6 Å². The topological polar surface area (TPSA) is 67.5 Å². The van der Waals surface area contributed by atoms with Gasteiger partial charge in [-0.25, -0.2) is 9.50 Å². The van der Waals surface area contributed by atoms with E-state index in [0.717, 1.165) is 15.7 Å². The number of carboxylic acid groups (broad SMARTS) is 1. The van der Waals surface area contributed by atoms with Crippen molar-refractivity contribution < 1.29 is 9.90 Å². The minimum atomic E-state index is -0.901. The number of fused-ring (bicyclic) bond motifs is 1. The molecule has 100 valence electrons. The van der Waals surface area contributed by atoms with Gasteiger partial charge in [0.05, 0.1) is 24.0 Å². The molecule has 0 fully saturated rings. The highest BCUT2D eigenvalue weighted by Crippen LogP contribution is 2.21. The lowest BCUT2D eigenvalue weighted by molar-refractivity contribution is -0.136. The van der Waals surface area contributed by atoms with Crippen molar-refractivity contribution in [3.8, 4) is 11.3 Å². The Balaban J connectivity index is 2.11. The summed E-state index contributed by atoms with van der Waals surface area (Å²) in [5.74, 6) is -0.901. The molecule has 1 N–H and O–H groups in total. The third-order valence-electron chi connectivity index (χ3n) is 2.89. The first-order chi connectivity index (χ1) is 9.63. The van der Waals surface area contributed by atoms with E-state index < -0.39 is 5.97 Å². The summed E-state index contributed by atoms with van der Waals surface area (Å²) in [6.07, 6.45) is 1.44. The molecule has 2 heterocycles. The van der Waals surface area contributed by atoms with E-state index in [2.05, 4.69) is 26.0 Å². The molecule has 0 aliphatic heterocycles. The second-order valence-corrected chi connectivity index (χ2v) is 5.23. The molecular weight excluding hydrogens is 322 g/mol. The molecule has 0 saturated carbocycles. The van der Waals surface area contributed by atoms with Crippen LogP contribution in [0.2, 0.25) is 0 Å². The number of halogens is 1. The van der Waals surface area contributed by atoms with Crippen molar-refractivity contribution in [2.45, 2.75) is 6.42 Å². The fraction of sp³-hybridized carbons (Fsp3) is 0.0714. The predicted octanol–water partition coefficient (Wildman–Crippen LogP) is 2.79. The van der Waals surface area contributed by atoms with Gasteiger partial charge in [0.25, 0.3) is 0 Å². The van der Waals surface area contributed by atoms with E-state index >= 15 is 0 Å². The van der Waals surface area contributed by atoms with E-state index in [0.29, 0.717) is 11.3 Å². The van der Waals surface area contributed by atoms with Crippen LogP contribution in [0.5, 0.6) is 0 Å². The van der Waals surface area contributed by atoms with Gasteiger partial charge in [-0.15, -0.1) is 0 Å². The average molecular weight is 332 g/mol. The number of aromatic nitrogens is 3. The largest absolute Gasteiger partial charge is 0.481 e. The van der Waals surface area contributed by atoms with Gasteiger partial charge in [-0.1, -0.05) is 28.1 Å². The minimum absolute atomic E-state index is 0.101. The van der Waals surface area contributed by atoms with Crippen molar-refractivity contribution in [2.75, 3.05) is 0 Å². The zero-order chi connectivity index (χ0) is 14.1. The molecule has 0 aliphatic carbocycles. The van der Waals surface area contributed by atoms with Crippen LogP contribution < -0.4 is 0 Å². The Morgan fingerprint density at radius 3 is 2.90 bits per heavy atom. The van der Waals surface area contributed by atoms with Crippen LogP contribution in [-0.2, 0) is 11.2 Å². The first-order valence-corrected chi connectivity index (χ1v) is 6.74. The standard InChI is InChI=1S/C14H10BrN3O2/c15-10-3-1-2-9(6-10)12-4-5-13-16-8-11(7-14(19)20)18(13)17-12/h1-6,8H,7H2,(H,19,20). The van der Waals surface area contributed by atoms with Crippen molar-refractivity contribution in [2.24, 2.45) is 0 Å². The van der Waals surface area contributed by atoms with Gasteiger partial charge in [0, 0.05) is 10.0 Å². The van der Waals surface area contributed by atoms with Crippen LogP contribution in [0.15, 0.2) is 47.1 Å². The first kappa shape index (κ1) is 12.8. The van der Waals surface area contributed by atoms with Gasteiger partial charge < -0.3 is 5.11 Å². The van der Waals surface area contributed by atoms with Gasteiger partial charge in [-0.2, -0.15) is 5.10 Å². The summed E-state index contributed by atoms with van der Waals surface area (Å²) in [5, 5.41) is 13.4. The number of hydrogen-bond acceptors (Lipinski definition) is 3. The van der Waals surface area contributed by atoms with Crippen LogP contribution in [-0.4, -0.2) is 25.7 Å². The van der Waals surface area contributed by atoms with Crippen LogP contribution in [0.25, 0.3) is 16.9 Å². The lowest BCUT2D eigenvalue weighted by Crippen LogP contribution is -2.05. The molecular formula is C14H10BrN3O2. The molecule has 0 atom stereocenters. The highest BCUT2D eigenvalue weighted by atomic mass is 79.9. The normalized spacial score (nSPS) is 10.8. The lowest BCUT2D eigenvalue weighted by Gasteiger charge is -2.04. The average Bonchev–Trinajstić information content (AvgIpc) is 2.80. The number of nitrogens with zero attached hydrogens (tertiary/aromatic N) is 3. The maximum atomic E-state index is 10.8. The summed E-state index contributed by atoms with van der Waals surface area (Å²) < 4.78 is 2.54. The SMILES string of the molecule is O=C(O)Cc1cnc2ccc(-c3cccc(Br)c3)nn12. The smallest absolute Gasteiger partial charge is 0.309 e. The summed E-state index contributed by atoms with van der Waals surface area (Å²) in [7, 11) is 0. The third kappa shape index (κ3) is 2.42. The maximum absolute atomic E-state index is 10.8. The number of imidazole rings is 1. The molecule has 20 heavy (non-hydrogen) atoms. The Morgan fingerprint density at radius 2 is 2.15 bits per heavy atom. The Morgan fingerprint density at radius 1 is 1.30 bits per heavy atom. The number of carbonyl (C=O) groups is 1. The van der Waals surface area contributed by atoms with E-state index in [-0.39, 0.29) is 6.42 Å². The molecule has 0 radical (unpaired) electrons. The molecule has 3 rings (SSSR count). The summed E-state index contributed by atoms with van der Waals surface area (Å²) in [6.45, 7) is 0. The molecule has 0 amide bonds. The molecule has 0 spiro atoms. The van der Waals surface area contributed by atoms with E-state index in [1.165, 1.54) is 0 Å². The van der Waals surface area contributed by atoms with Gasteiger partial charge in [-0.3, -0.25) is 4.79 Å². The van der Waals surface area contributed by atoms with Gasteiger partial charge >= 0.3 is 5.97 Å². The van der Waals surface area contributed by atoms with E-state index in [1.54, 1.807) is 10.7 Å². The summed E-state index contributed by atoms with van der Waals surface area (Å²) in [5.41, 5.74) is 2.92. The maximum Gasteiger partial charge on any atom is 0.309 e. The minimum Gasteiger partial charge on any atom is -0.481 e. The zero-order valence-electron chi connectivity index (χ0n) is 10.3. The number of hydrogen-bond donors (Lipinski definition) is 1. The highest BCUT2D eigenvalue weighted by molar-refractivity contribution is 9.10. The molecule has 1 aromatic carbocycles.